The molecule has 0 radical (unpaired) electrons. The second-order valence-corrected chi connectivity index (χ2v) is 6.84. The van der Waals surface area contributed by atoms with Gasteiger partial charge in [-0.15, -0.1) is 0 Å². The van der Waals surface area contributed by atoms with Gasteiger partial charge in [0.05, 0.1) is 10.7 Å². The average molecular weight is 346 g/mol. The van der Waals surface area contributed by atoms with Gasteiger partial charge in [-0.05, 0) is 30.7 Å². The van der Waals surface area contributed by atoms with Crippen LogP contribution >= 0.6 is 23.2 Å². The number of hydrogen-bond donors (Lipinski definition) is 2. The number of sulfonamides is 1. The Labute approximate surface area is 133 Å². The van der Waals surface area contributed by atoms with Gasteiger partial charge >= 0.3 is 0 Å². The molecule has 0 fully saturated rings. The second-order valence-electron chi connectivity index (χ2n) is 4.32. The molecule has 21 heavy (non-hydrogen) atoms. The number of aromatic nitrogens is 1. The van der Waals surface area contributed by atoms with Crippen molar-refractivity contribution in [1.29, 1.82) is 0 Å². The predicted octanol–water partition coefficient (Wildman–Crippen LogP) is 3.54. The molecule has 0 aliphatic carbocycles. The van der Waals surface area contributed by atoms with Crippen molar-refractivity contribution in [2.75, 3.05) is 17.1 Å². The van der Waals surface area contributed by atoms with E-state index < -0.39 is 10.0 Å². The van der Waals surface area contributed by atoms with Crippen LogP contribution in [-0.4, -0.2) is 20.4 Å². The first-order valence-corrected chi connectivity index (χ1v) is 8.19. The minimum Gasteiger partial charge on any atom is -0.372 e. The van der Waals surface area contributed by atoms with Gasteiger partial charge in [-0.25, -0.2) is 13.4 Å². The molecular weight excluding hydrogens is 333 g/mol. The van der Waals surface area contributed by atoms with E-state index in [4.69, 9.17) is 23.2 Å². The van der Waals surface area contributed by atoms with Gasteiger partial charge < -0.3 is 5.32 Å². The molecule has 2 rings (SSSR count). The summed E-state index contributed by atoms with van der Waals surface area (Å²) >= 11 is 11.8. The number of nitrogens with one attached hydrogen (secondary N) is 2. The fourth-order valence-corrected chi connectivity index (χ4v) is 3.25. The summed E-state index contributed by atoms with van der Waals surface area (Å²) in [6, 6.07) is 6.30. The van der Waals surface area contributed by atoms with Crippen LogP contribution in [0, 0.1) is 6.92 Å². The van der Waals surface area contributed by atoms with E-state index in [1.165, 1.54) is 12.3 Å². The maximum atomic E-state index is 12.3. The maximum absolute atomic E-state index is 12.3. The van der Waals surface area contributed by atoms with Gasteiger partial charge in [-0.2, -0.15) is 0 Å². The van der Waals surface area contributed by atoms with Crippen molar-refractivity contribution in [3.63, 3.8) is 0 Å². The molecule has 0 spiro atoms. The van der Waals surface area contributed by atoms with E-state index in [1.54, 1.807) is 32.2 Å². The first-order chi connectivity index (χ1) is 9.83. The first-order valence-electron chi connectivity index (χ1n) is 5.96. The van der Waals surface area contributed by atoms with Crippen LogP contribution in [0.2, 0.25) is 10.0 Å². The Hall–Kier alpha value is -1.50. The number of nitrogens with zero attached hydrogens (tertiary/aromatic N) is 1. The third kappa shape index (κ3) is 3.58. The molecule has 8 heteroatoms. The molecule has 1 aromatic heterocycles. The Morgan fingerprint density at radius 2 is 1.90 bits per heavy atom. The number of benzene rings is 1. The molecule has 112 valence electrons. The quantitative estimate of drug-likeness (QED) is 0.888. The van der Waals surface area contributed by atoms with Gasteiger partial charge in [0.2, 0.25) is 0 Å². The lowest BCUT2D eigenvalue weighted by molar-refractivity contribution is 0.601. The molecule has 2 N–H and O–H groups in total. The molecule has 0 atom stereocenters. The zero-order chi connectivity index (χ0) is 15.6. The van der Waals surface area contributed by atoms with Crippen molar-refractivity contribution in [2.45, 2.75) is 11.8 Å². The molecule has 1 aromatic carbocycles. The van der Waals surface area contributed by atoms with Crippen LogP contribution in [0.15, 0.2) is 35.4 Å². The Bertz CT molecular complexity index is 779. The van der Waals surface area contributed by atoms with Crippen molar-refractivity contribution in [3.8, 4) is 0 Å². The molecule has 0 saturated heterocycles. The first kappa shape index (κ1) is 15.9. The van der Waals surface area contributed by atoms with E-state index in [0.29, 0.717) is 16.5 Å². The smallest absolute Gasteiger partial charge is 0.263 e. The van der Waals surface area contributed by atoms with E-state index in [-0.39, 0.29) is 9.92 Å². The van der Waals surface area contributed by atoms with Crippen LogP contribution in [0.1, 0.15) is 5.56 Å². The van der Waals surface area contributed by atoms with E-state index in [9.17, 15) is 8.42 Å². The third-order valence-electron chi connectivity index (χ3n) is 2.81. The minimum absolute atomic E-state index is 0.0223. The molecule has 0 unspecified atom stereocenters. The lowest BCUT2D eigenvalue weighted by Crippen LogP contribution is -2.14. The normalized spacial score (nSPS) is 11.2. The van der Waals surface area contributed by atoms with Gasteiger partial charge in [0, 0.05) is 18.3 Å². The van der Waals surface area contributed by atoms with Crippen molar-refractivity contribution in [1.82, 2.24) is 4.98 Å². The number of anilines is 2. The highest BCUT2D eigenvalue weighted by Gasteiger charge is 2.17. The molecule has 2 aromatic rings. The third-order valence-corrected chi connectivity index (χ3v) is 4.66. The van der Waals surface area contributed by atoms with Crippen LogP contribution in [0.5, 0.6) is 0 Å². The highest BCUT2D eigenvalue weighted by molar-refractivity contribution is 7.92. The van der Waals surface area contributed by atoms with Gasteiger partial charge in [0.1, 0.15) is 10.7 Å². The monoisotopic (exact) mass is 345 g/mol. The number of aryl methyl sites for hydroxylation is 1. The lowest BCUT2D eigenvalue weighted by Gasteiger charge is -2.11. The summed E-state index contributed by atoms with van der Waals surface area (Å²) in [6.45, 7) is 1.78. The summed E-state index contributed by atoms with van der Waals surface area (Å²) in [4.78, 5) is 3.93. The van der Waals surface area contributed by atoms with E-state index in [0.717, 1.165) is 5.56 Å². The minimum atomic E-state index is -3.78. The standard InChI is InChI=1S/C13H13Cl2N3O2S/c1-8-3-4-9(14)5-12(8)18-21(19,20)10-6-11(15)13(16-2)17-7-10/h3-7,18H,1-2H3,(H,16,17). The predicted molar refractivity (Wildman–Crippen MR) is 85.8 cm³/mol. The van der Waals surface area contributed by atoms with Crippen molar-refractivity contribution in [2.24, 2.45) is 0 Å². The zero-order valence-electron chi connectivity index (χ0n) is 11.3. The highest BCUT2D eigenvalue weighted by Crippen LogP contribution is 2.26. The molecule has 0 aliphatic rings. The summed E-state index contributed by atoms with van der Waals surface area (Å²) in [6.07, 6.45) is 1.24. The fraction of sp³-hybridized carbons (Fsp3) is 0.154. The summed E-state index contributed by atoms with van der Waals surface area (Å²) in [5.41, 5.74) is 1.17. The van der Waals surface area contributed by atoms with Gasteiger partial charge in [0.15, 0.2) is 0 Å². The van der Waals surface area contributed by atoms with Crippen LogP contribution in [0.25, 0.3) is 0 Å². The highest BCUT2D eigenvalue weighted by atomic mass is 35.5. The summed E-state index contributed by atoms with van der Waals surface area (Å²) in [5.74, 6) is 0.412. The Morgan fingerprint density at radius 1 is 1.19 bits per heavy atom. The summed E-state index contributed by atoms with van der Waals surface area (Å²) in [7, 11) is -2.13. The SMILES string of the molecule is CNc1ncc(S(=O)(=O)Nc2cc(Cl)ccc2C)cc1Cl. The lowest BCUT2D eigenvalue weighted by atomic mass is 10.2. The summed E-state index contributed by atoms with van der Waals surface area (Å²) < 4.78 is 27.2. The Kier molecular flexibility index (Phi) is 4.61. The number of halogens is 2. The van der Waals surface area contributed by atoms with Crippen LogP contribution in [0.3, 0.4) is 0 Å². The van der Waals surface area contributed by atoms with Crippen molar-refractivity contribution in [3.05, 3.63) is 46.1 Å². The van der Waals surface area contributed by atoms with Crippen molar-refractivity contribution >= 4 is 44.7 Å². The second kappa shape index (κ2) is 6.09. The molecule has 0 bridgehead atoms. The largest absolute Gasteiger partial charge is 0.372 e. The molecule has 5 nitrogen and oxygen atoms in total. The molecule has 1 heterocycles. The topological polar surface area (TPSA) is 71.1 Å². The number of hydrogen-bond acceptors (Lipinski definition) is 4. The van der Waals surface area contributed by atoms with Gasteiger partial charge in [-0.3, -0.25) is 4.72 Å². The molecular formula is C13H13Cl2N3O2S. The average Bonchev–Trinajstić information content (AvgIpc) is 2.42. The fourth-order valence-electron chi connectivity index (χ4n) is 1.66. The summed E-state index contributed by atoms with van der Waals surface area (Å²) in [5, 5.41) is 3.43. The number of rotatable bonds is 4. The molecule has 0 saturated carbocycles. The van der Waals surface area contributed by atoms with Gasteiger partial charge in [-0.1, -0.05) is 29.3 Å². The van der Waals surface area contributed by atoms with Crippen LogP contribution < -0.4 is 10.0 Å². The van der Waals surface area contributed by atoms with E-state index in [2.05, 4.69) is 15.0 Å². The van der Waals surface area contributed by atoms with E-state index in [1.807, 2.05) is 0 Å². The van der Waals surface area contributed by atoms with E-state index >= 15 is 0 Å². The Balaban J connectivity index is 2.38. The van der Waals surface area contributed by atoms with Crippen LogP contribution in [0.4, 0.5) is 11.5 Å². The van der Waals surface area contributed by atoms with Crippen LogP contribution in [-0.2, 0) is 10.0 Å². The number of pyridine rings is 1. The van der Waals surface area contributed by atoms with Crippen molar-refractivity contribution < 1.29 is 8.42 Å². The molecule has 0 amide bonds. The molecule has 0 aliphatic heterocycles. The van der Waals surface area contributed by atoms with Gasteiger partial charge in [0.25, 0.3) is 10.0 Å². The zero-order valence-corrected chi connectivity index (χ0v) is 13.6. The Morgan fingerprint density at radius 3 is 2.52 bits per heavy atom. The maximum Gasteiger partial charge on any atom is 0.263 e.